The van der Waals surface area contributed by atoms with Gasteiger partial charge in [0.05, 0.1) is 0 Å². The van der Waals surface area contributed by atoms with Crippen LogP contribution in [-0.4, -0.2) is 27.8 Å². The van der Waals surface area contributed by atoms with Crippen LogP contribution < -0.4 is 5.73 Å². The van der Waals surface area contributed by atoms with E-state index in [4.69, 9.17) is 5.73 Å². The van der Waals surface area contributed by atoms with Gasteiger partial charge in [0.1, 0.15) is 11.9 Å². The molecule has 1 amide bonds. The highest BCUT2D eigenvalue weighted by Gasteiger charge is 2.23. The Morgan fingerprint density at radius 1 is 1.25 bits per heavy atom. The Labute approximate surface area is 118 Å². The first-order valence-corrected chi connectivity index (χ1v) is 6.40. The van der Waals surface area contributed by atoms with Crippen LogP contribution >= 0.6 is 0 Å². The Morgan fingerprint density at radius 3 is 2.40 bits per heavy atom. The molecule has 2 N–H and O–H groups in total. The van der Waals surface area contributed by atoms with E-state index < -0.39 is 11.9 Å². The Kier molecular flexibility index (Phi) is 4.42. The van der Waals surface area contributed by atoms with E-state index in [2.05, 4.69) is 9.97 Å². The smallest absolute Gasteiger partial charge is 0.239 e. The van der Waals surface area contributed by atoms with E-state index in [9.17, 15) is 4.79 Å². The molecular formula is C15H18N4O. The highest BCUT2D eigenvalue weighted by Crippen LogP contribution is 2.19. The minimum atomic E-state index is -0.532. The molecule has 0 bridgehead atoms. The Balaban J connectivity index is 2.20. The van der Waals surface area contributed by atoms with E-state index in [0.717, 1.165) is 5.56 Å². The van der Waals surface area contributed by atoms with Crippen molar-refractivity contribution in [1.29, 1.82) is 0 Å². The molecule has 1 unspecified atom stereocenters. The number of benzene rings is 1. The highest BCUT2D eigenvalue weighted by atomic mass is 16.1. The zero-order valence-electron chi connectivity index (χ0n) is 11.7. The van der Waals surface area contributed by atoms with E-state index in [1.165, 1.54) is 0 Å². The van der Waals surface area contributed by atoms with E-state index >= 15 is 0 Å². The molecule has 2 aromatic rings. The number of nitrogens with zero attached hydrogens (tertiary/aromatic N) is 3. The maximum absolute atomic E-state index is 11.7. The summed E-state index contributed by atoms with van der Waals surface area (Å²) in [5, 5.41) is 0. The van der Waals surface area contributed by atoms with Gasteiger partial charge in [-0.15, -0.1) is 0 Å². The van der Waals surface area contributed by atoms with Gasteiger partial charge in [0.15, 0.2) is 0 Å². The van der Waals surface area contributed by atoms with Gasteiger partial charge in [-0.2, -0.15) is 0 Å². The van der Waals surface area contributed by atoms with Crippen LogP contribution in [-0.2, 0) is 11.3 Å². The number of aromatic nitrogens is 2. The molecule has 0 aliphatic carbocycles. The first kappa shape index (κ1) is 14.1. The van der Waals surface area contributed by atoms with Crippen LogP contribution in [0.4, 0.5) is 0 Å². The average molecular weight is 270 g/mol. The molecular weight excluding hydrogens is 252 g/mol. The van der Waals surface area contributed by atoms with E-state index in [-0.39, 0.29) is 0 Å². The monoisotopic (exact) mass is 270 g/mol. The molecule has 2 rings (SSSR count). The van der Waals surface area contributed by atoms with Crippen LogP contribution in [0.25, 0.3) is 0 Å². The third kappa shape index (κ3) is 3.39. The molecule has 104 valence electrons. The van der Waals surface area contributed by atoms with Gasteiger partial charge in [0.2, 0.25) is 5.91 Å². The summed E-state index contributed by atoms with van der Waals surface area (Å²) in [6.07, 6.45) is 3.30. The minimum absolute atomic E-state index is 0.407. The van der Waals surface area contributed by atoms with Gasteiger partial charge in [-0.05, 0) is 19.5 Å². The quantitative estimate of drug-likeness (QED) is 0.892. The lowest BCUT2D eigenvalue weighted by Crippen LogP contribution is -2.35. The highest BCUT2D eigenvalue weighted by molar-refractivity contribution is 5.81. The van der Waals surface area contributed by atoms with Gasteiger partial charge in [0, 0.05) is 24.5 Å². The second-order valence-corrected chi connectivity index (χ2v) is 4.77. The molecule has 1 aromatic carbocycles. The molecule has 1 aromatic heterocycles. The van der Waals surface area contributed by atoms with Crippen LogP contribution in [0.5, 0.6) is 0 Å². The lowest BCUT2D eigenvalue weighted by molar-refractivity contribution is -0.123. The number of carbonyl (C=O) groups is 1. The van der Waals surface area contributed by atoms with Crippen LogP contribution in [0.2, 0.25) is 0 Å². The number of amides is 1. The van der Waals surface area contributed by atoms with Crippen molar-refractivity contribution in [3.8, 4) is 0 Å². The summed E-state index contributed by atoms with van der Waals surface area (Å²) in [5.41, 5.74) is 7.35. The van der Waals surface area contributed by atoms with E-state index in [0.29, 0.717) is 17.9 Å². The van der Waals surface area contributed by atoms with Gasteiger partial charge in [-0.25, -0.2) is 9.97 Å². The molecule has 0 radical (unpaired) electrons. The van der Waals surface area contributed by atoms with Gasteiger partial charge in [-0.3, -0.25) is 9.69 Å². The summed E-state index contributed by atoms with van der Waals surface area (Å²) in [7, 11) is 1.86. The lowest BCUT2D eigenvalue weighted by Gasteiger charge is -2.25. The maximum atomic E-state index is 11.7. The van der Waals surface area contributed by atoms with Crippen molar-refractivity contribution in [2.45, 2.75) is 19.5 Å². The van der Waals surface area contributed by atoms with Gasteiger partial charge < -0.3 is 5.73 Å². The fourth-order valence-electron chi connectivity index (χ4n) is 2.14. The predicted octanol–water partition coefficient (Wildman–Crippen LogP) is 1.44. The van der Waals surface area contributed by atoms with Crippen molar-refractivity contribution in [3.05, 3.63) is 59.7 Å². The molecule has 0 saturated carbocycles. The van der Waals surface area contributed by atoms with Crippen molar-refractivity contribution in [2.24, 2.45) is 5.73 Å². The standard InChI is InChI=1S/C15H18N4O/c1-11-17-8-13(9-18-11)14(15(16)20)19(2)10-12-6-4-3-5-7-12/h3-9,14H,10H2,1-2H3,(H2,16,20). The molecule has 1 heterocycles. The average Bonchev–Trinajstić information content (AvgIpc) is 2.42. The summed E-state index contributed by atoms with van der Waals surface area (Å²) in [4.78, 5) is 21.9. The number of hydrogen-bond donors (Lipinski definition) is 1. The molecule has 0 saturated heterocycles. The summed E-state index contributed by atoms with van der Waals surface area (Å²) in [6, 6.07) is 9.40. The molecule has 5 heteroatoms. The number of nitrogens with two attached hydrogens (primary N) is 1. The van der Waals surface area contributed by atoms with Crippen molar-refractivity contribution in [3.63, 3.8) is 0 Å². The number of hydrogen-bond acceptors (Lipinski definition) is 4. The third-order valence-electron chi connectivity index (χ3n) is 3.10. The molecule has 1 atom stereocenters. The Morgan fingerprint density at radius 2 is 1.85 bits per heavy atom. The van der Waals surface area contributed by atoms with Crippen LogP contribution in [0.1, 0.15) is 23.0 Å². The largest absolute Gasteiger partial charge is 0.368 e. The number of carbonyl (C=O) groups excluding carboxylic acids is 1. The molecule has 0 fully saturated rings. The number of primary amides is 1. The molecule has 20 heavy (non-hydrogen) atoms. The van der Waals surface area contributed by atoms with Gasteiger partial charge in [-0.1, -0.05) is 30.3 Å². The van der Waals surface area contributed by atoms with Crippen LogP contribution in [0.3, 0.4) is 0 Å². The third-order valence-corrected chi connectivity index (χ3v) is 3.10. The van der Waals surface area contributed by atoms with Crippen molar-refractivity contribution in [2.75, 3.05) is 7.05 Å². The van der Waals surface area contributed by atoms with Gasteiger partial charge in [0.25, 0.3) is 0 Å². The summed E-state index contributed by atoms with van der Waals surface area (Å²) in [5.74, 6) is 0.263. The van der Waals surface area contributed by atoms with Gasteiger partial charge >= 0.3 is 0 Å². The molecule has 0 aliphatic rings. The normalized spacial score (nSPS) is 12.3. The zero-order chi connectivity index (χ0) is 14.5. The van der Waals surface area contributed by atoms with Crippen molar-refractivity contribution in [1.82, 2.24) is 14.9 Å². The number of aryl methyl sites for hydroxylation is 1. The topological polar surface area (TPSA) is 72.1 Å². The van der Waals surface area contributed by atoms with E-state index in [1.807, 2.05) is 42.3 Å². The van der Waals surface area contributed by atoms with Crippen LogP contribution in [0, 0.1) is 6.92 Å². The fourth-order valence-corrected chi connectivity index (χ4v) is 2.14. The zero-order valence-corrected chi connectivity index (χ0v) is 11.7. The molecule has 5 nitrogen and oxygen atoms in total. The Hall–Kier alpha value is -2.27. The molecule has 0 spiro atoms. The molecule has 0 aliphatic heterocycles. The minimum Gasteiger partial charge on any atom is -0.368 e. The predicted molar refractivity (Wildman–Crippen MR) is 76.6 cm³/mol. The van der Waals surface area contributed by atoms with E-state index in [1.54, 1.807) is 19.3 Å². The Bertz CT molecular complexity index is 568. The lowest BCUT2D eigenvalue weighted by atomic mass is 10.1. The summed E-state index contributed by atoms with van der Waals surface area (Å²) >= 11 is 0. The van der Waals surface area contributed by atoms with Crippen molar-refractivity contribution >= 4 is 5.91 Å². The number of rotatable bonds is 5. The summed E-state index contributed by atoms with van der Waals surface area (Å²) < 4.78 is 0. The first-order chi connectivity index (χ1) is 9.58. The van der Waals surface area contributed by atoms with Crippen LogP contribution in [0.15, 0.2) is 42.7 Å². The summed E-state index contributed by atoms with van der Waals surface area (Å²) in [6.45, 7) is 2.43. The second kappa shape index (κ2) is 6.25. The fraction of sp³-hybridized carbons (Fsp3) is 0.267. The SMILES string of the molecule is Cc1ncc(C(C(N)=O)N(C)Cc2ccccc2)cn1. The number of likely N-dealkylation sites (N-methyl/N-ethyl adjacent to an activating group) is 1. The second-order valence-electron chi connectivity index (χ2n) is 4.77. The maximum Gasteiger partial charge on any atom is 0.239 e. The van der Waals surface area contributed by atoms with Crippen molar-refractivity contribution < 1.29 is 4.79 Å². The first-order valence-electron chi connectivity index (χ1n) is 6.40.